The molecule has 2 saturated heterocycles. The lowest BCUT2D eigenvalue weighted by atomic mass is 9.83. The van der Waals surface area contributed by atoms with Crippen LogP contribution in [-0.2, 0) is 0 Å². The fourth-order valence-corrected chi connectivity index (χ4v) is 5.67. The molecule has 0 amide bonds. The van der Waals surface area contributed by atoms with Crippen LogP contribution >= 0.6 is 0 Å². The molecule has 1 aromatic heterocycles. The monoisotopic (exact) mass is 366 g/mol. The molecule has 5 rings (SSSR count). The number of para-hydroxylation sites is 2. The molecule has 2 aliphatic heterocycles. The fourth-order valence-electron chi connectivity index (χ4n) is 5.67. The van der Waals surface area contributed by atoms with E-state index in [1.54, 1.807) is 0 Å². The number of nitrogens with one attached hydrogen (secondary N) is 1. The number of rotatable bonds is 4. The number of benzene rings is 1. The number of fused-ring (bicyclic) bond motifs is 1. The normalized spacial score (nSPS) is 24.9. The number of hydrogen-bond acceptors (Lipinski definition) is 3. The molecule has 4 heteroatoms. The molecule has 1 N–H and O–H groups in total. The van der Waals surface area contributed by atoms with E-state index in [0.717, 1.165) is 25.0 Å². The molecule has 1 atom stereocenters. The first-order valence-electron chi connectivity index (χ1n) is 11.2. The second kappa shape index (κ2) is 7.56. The third kappa shape index (κ3) is 3.31. The lowest BCUT2D eigenvalue weighted by Gasteiger charge is -2.41. The van der Waals surface area contributed by atoms with Crippen molar-refractivity contribution in [1.29, 1.82) is 0 Å². The van der Waals surface area contributed by atoms with Gasteiger partial charge in [0, 0.05) is 44.2 Å². The Balaban J connectivity index is 1.33. The smallest absolute Gasteiger partial charge is 0.115 e. The Bertz CT molecular complexity index is 764. The van der Waals surface area contributed by atoms with Crippen molar-refractivity contribution >= 4 is 11.0 Å². The van der Waals surface area contributed by atoms with Crippen LogP contribution in [0, 0.1) is 5.92 Å². The molecule has 0 spiro atoms. The predicted octanol–water partition coefficient (Wildman–Crippen LogP) is 4.33. The Morgan fingerprint density at radius 1 is 1.00 bits per heavy atom. The van der Waals surface area contributed by atoms with Crippen molar-refractivity contribution < 1.29 is 0 Å². The first kappa shape index (κ1) is 17.7. The van der Waals surface area contributed by atoms with Gasteiger partial charge in [-0.2, -0.15) is 0 Å². The van der Waals surface area contributed by atoms with Gasteiger partial charge in [-0.15, -0.1) is 0 Å². The summed E-state index contributed by atoms with van der Waals surface area (Å²) >= 11 is 0. The van der Waals surface area contributed by atoms with Gasteiger partial charge in [0.25, 0.3) is 0 Å². The van der Waals surface area contributed by atoms with Gasteiger partial charge >= 0.3 is 0 Å². The molecule has 3 heterocycles. The van der Waals surface area contributed by atoms with Gasteiger partial charge in [-0.25, -0.2) is 4.98 Å². The third-order valence-electron chi connectivity index (χ3n) is 7.54. The molecule has 27 heavy (non-hydrogen) atoms. The lowest BCUT2D eigenvalue weighted by Crippen LogP contribution is -2.45. The molecular weight excluding hydrogens is 332 g/mol. The summed E-state index contributed by atoms with van der Waals surface area (Å²) in [5, 5.41) is 3.43. The first-order chi connectivity index (χ1) is 13.3. The summed E-state index contributed by atoms with van der Waals surface area (Å²) in [6, 6.07) is 10.1. The van der Waals surface area contributed by atoms with E-state index in [4.69, 9.17) is 4.98 Å². The van der Waals surface area contributed by atoms with Gasteiger partial charge in [-0.05, 0) is 50.7 Å². The van der Waals surface area contributed by atoms with Crippen LogP contribution in [0.1, 0.15) is 69.7 Å². The van der Waals surface area contributed by atoms with Gasteiger partial charge in [0.1, 0.15) is 5.82 Å². The van der Waals surface area contributed by atoms with E-state index in [0.29, 0.717) is 12.0 Å². The molecular formula is C23H34N4. The van der Waals surface area contributed by atoms with Crippen LogP contribution in [0.15, 0.2) is 24.3 Å². The first-order valence-corrected chi connectivity index (χ1v) is 11.2. The number of imidazole rings is 1. The number of aromatic nitrogens is 2. The minimum atomic E-state index is 0.594. The molecule has 4 nitrogen and oxygen atoms in total. The van der Waals surface area contributed by atoms with Crippen molar-refractivity contribution in [3.05, 3.63) is 30.1 Å². The lowest BCUT2D eigenvalue weighted by molar-refractivity contribution is 0.0911. The van der Waals surface area contributed by atoms with E-state index < -0.39 is 0 Å². The van der Waals surface area contributed by atoms with Crippen molar-refractivity contribution in [2.24, 2.45) is 5.92 Å². The summed E-state index contributed by atoms with van der Waals surface area (Å²) in [7, 11) is 0. The van der Waals surface area contributed by atoms with Gasteiger partial charge < -0.3 is 14.8 Å². The van der Waals surface area contributed by atoms with Crippen molar-refractivity contribution in [3.63, 3.8) is 0 Å². The average molecular weight is 367 g/mol. The molecule has 1 aliphatic carbocycles. The molecule has 146 valence electrons. The van der Waals surface area contributed by atoms with Gasteiger partial charge in [0.05, 0.1) is 11.0 Å². The Morgan fingerprint density at radius 3 is 2.44 bits per heavy atom. The Hall–Kier alpha value is -1.39. The van der Waals surface area contributed by atoms with Crippen molar-refractivity contribution in [2.45, 2.75) is 69.9 Å². The van der Waals surface area contributed by atoms with Gasteiger partial charge in [-0.3, -0.25) is 0 Å². The summed E-state index contributed by atoms with van der Waals surface area (Å²) in [6.45, 7) is 7.16. The molecule has 2 aromatic rings. The topological polar surface area (TPSA) is 33.1 Å². The van der Waals surface area contributed by atoms with Crippen LogP contribution in [0.2, 0.25) is 0 Å². The highest BCUT2D eigenvalue weighted by molar-refractivity contribution is 5.76. The summed E-state index contributed by atoms with van der Waals surface area (Å²) in [5.74, 6) is 2.85. The molecule has 1 saturated carbocycles. The largest absolute Gasteiger partial charge is 0.324 e. The zero-order valence-corrected chi connectivity index (χ0v) is 16.7. The maximum atomic E-state index is 5.05. The zero-order valence-electron chi connectivity index (χ0n) is 16.7. The summed E-state index contributed by atoms with van der Waals surface area (Å²) in [5.41, 5.74) is 2.52. The second-order valence-corrected chi connectivity index (χ2v) is 9.09. The molecule has 1 unspecified atom stereocenters. The van der Waals surface area contributed by atoms with Crippen molar-refractivity contribution in [3.8, 4) is 0 Å². The van der Waals surface area contributed by atoms with Crippen LogP contribution in [0.25, 0.3) is 11.0 Å². The number of nitrogens with zero attached hydrogens (tertiary/aromatic N) is 3. The fraction of sp³-hybridized carbons (Fsp3) is 0.696. The van der Waals surface area contributed by atoms with E-state index in [2.05, 4.69) is 46.0 Å². The highest BCUT2D eigenvalue weighted by Gasteiger charge is 2.32. The summed E-state index contributed by atoms with van der Waals surface area (Å²) in [6.07, 6.45) is 9.79. The van der Waals surface area contributed by atoms with Crippen LogP contribution in [0.5, 0.6) is 0 Å². The minimum Gasteiger partial charge on any atom is -0.324 e. The van der Waals surface area contributed by atoms with E-state index in [1.807, 2.05) is 0 Å². The van der Waals surface area contributed by atoms with Crippen molar-refractivity contribution in [1.82, 2.24) is 19.8 Å². The maximum absolute atomic E-state index is 5.05. The highest BCUT2D eigenvalue weighted by atomic mass is 15.2. The van der Waals surface area contributed by atoms with Crippen LogP contribution < -0.4 is 5.32 Å². The van der Waals surface area contributed by atoms with E-state index in [9.17, 15) is 0 Å². The SMILES string of the molecule is CC(C1CCCCC1)N1CCC(n2c(C3CNC3)nc3ccccc32)CC1. The van der Waals surface area contributed by atoms with Gasteiger partial charge in [0.15, 0.2) is 0 Å². The number of piperidine rings is 1. The third-order valence-corrected chi connectivity index (χ3v) is 7.54. The van der Waals surface area contributed by atoms with Crippen LogP contribution in [0.3, 0.4) is 0 Å². The summed E-state index contributed by atoms with van der Waals surface area (Å²) < 4.78 is 2.61. The highest BCUT2D eigenvalue weighted by Crippen LogP contribution is 2.35. The van der Waals surface area contributed by atoms with Crippen LogP contribution in [-0.4, -0.2) is 46.7 Å². The number of likely N-dealkylation sites (tertiary alicyclic amines) is 1. The molecule has 3 aliphatic rings. The Morgan fingerprint density at radius 2 is 1.74 bits per heavy atom. The molecule has 1 aromatic carbocycles. The van der Waals surface area contributed by atoms with Gasteiger partial charge in [-0.1, -0.05) is 31.4 Å². The van der Waals surface area contributed by atoms with Crippen molar-refractivity contribution in [2.75, 3.05) is 26.2 Å². The number of hydrogen-bond donors (Lipinski definition) is 1. The summed E-state index contributed by atoms with van der Waals surface area (Å²) in [4.78, 5) is 7.83. The Labute approximate surface area is 163 Å². The van der Waals surface area contributed by atoms with E-state index in [1.165, 1.54) is 74.9 Å². The maximum Gasteiger partial charge on any atom is 0.115 e. The molecule has 3 fully saturated rings. The van der Waals surface area contributed by atoms with E-state index >= 15 is 0 Å². The quantitative estimate of drug-likeness (QED) is 0.874. The standard InChI is InChI=1S/C23H34N4/c1-17(18-7-3-2-4-8-18)26-13-11-20(12-14-26)27-22-10-6-5-9-21(22)25-23(27)19-15-24-16-19/h5-6,9-10,17-20,24H,2-4,7-8,11-16H2,1H3. The molecule has 0 bridgehead atoms. The molecule has 0 radical (unpaired) electrons. The average Bonchev–Trinajstić information content (AvgIpc) is 3.05. The van der Waals surface area contributed by atoms with Crippen LogP contribution in [0.4, 0.5) is 0 Å². The zero-order chi connectivity index (χ0) is 18.2. The van der Waals surface area contributed by atoms with Gasteiger partial charge in [0.2, 0.25) is 0 Å². The second-order valence-electron chi connectivity index (χ2n) is 9.09. The Kier molecular flexibility index (Phi) is 4.95. The van der Waals surface area contributed by atoms with E-state index in [-0.39, 0.29) is 0 Å². The minimum absolute atomic E-state index is 0.594. The predicted molar refractivity (Wildman–Crippen MR) is 111 cm³/mol.